The van der Waals surface area contributed by atoms with Crippen LogP contribution in [0.3, 0.4) is 0 Å². The number of aryl methyl sites for hydroxylation is 1. The maximum absolute atomic E-state index is 4.41. The average Bonchev–Trinajstić information content (AvgIpc) is 2.67. The van der Waals surface area contributed by atoms with Crippen LogP contribution in [0.15, 0.2) is 12.1 Å². The Labute approximate surface area is 98.6 Å². The van der Waals surface area contributed by atoms with Gasteiger partial charge in [-0.15, -0.1) is 15.3 Å². The number of hydrogen-bond acceptors (Lipinski definition) is 5. The Morgan fingerprint density at radius 3 is 3.06 bits per heavy atom. The van der Waals surface area contributed by atoms with Crippen LogP contribution in [-0.4, -0.2) is 38.4 Å². The predicted octanol–water partition coefficient (Wildman–Crippen LogP) is 1.60. The van der Waals surface area contributed by atoms with Crippen LogP contribution < -0.4 is 5.32 Å². The van der Waals surface area contributed by atoms with Gasteiger partial charge in [-0.1, -0.05) is 0 Å². The van der Waals surface area contributed by atoms with Crippen LogP contribution in [0.5, 0.6) is 0 Å². The highest BCUT2D eigenvalue weighted by atomic mass is 32.2. The molecule has 86 valence electrons. The molecule has 5 nitrogen and oxygen atoms in total. The molecule has 0 aromatic carbocycles. The summed E-state index contributed by atoms with van der Waals surface area (Å²) in [4.78, 5) is 0. The van der Waals surface area contributed by atoms with Crippen molar-refractivity contribution >= 4 is 23.2 Å². The van der Waals surface area contributed by atoms with Crippen molar-refractivity contribution in [2.45, 2.75) is 13.3 Å². The minimum Gasteiger partial charge on any atom is -0.369 e. The molecule has 0 aliphatic rings. The van der Waals surface area contributed by atoms with Crippen molar-refractivity contribution in [2.75, 3.05) is 23.9 Å². The highest BCUT2D eigenvalue weighted by Gasteiger charge is 2.02. The minimum atomic E-state index is 0.784. The largest absolute Gasteiger partial charge is 0.369 e. The lowest BCUT2D eigenvalue weighted by molar-refractivity contribution is 0.865. The summed E-state index contributed by atoms with van der Waals surface area (Å²) in [6, 6.07) is 3.85. The van der Waals surface area contributed by atoms with Gasteiger partial charge in [0.25, 0.3) is 0 Å². The van der Waals surface area contributed by atoms with Crippen LogP contribution in [0.2, 0.25) is 0 Å². The lowest BCUT2D eigenvalue weighted by atomic mass is 10.4. The zero-order chi connectivity index (χ0) is 11.4. The van der Waals surface area contributed by atoms with E-state index >= 15 is 0 Å². The molecule has 1 N–H and O–H groups in total. The van der Waals surface area contributed by atoms with Crippen molar-refractivity contribution in [3.8, 4) is 0 Å². The molecule has 16 heavy (non-hydrogen) atoms. The van der Waals surface area contributed by atoms with Crippen molar-refractivity contribution in [2.24, 2.45) is 0 Å². The number of anilines is 1. The van der Waals surface area contributed by atoms with E-state index in [0.717, 1.165) is 30.3 Å². The Morgan fingerprint density at radius 1 is 1.38 bits per heavy atom. The van der Waals surface area contributed by atoms with Gasteiger partial charge < -0.3 is 5.32 Å². The van der Waals surface area contributed by atoms with Crippen molar-refractivity contribution < 1.29 is 0 Å². The van der Waals surface area contributed by atoms with E-state index in [0.29, 0.717) is 0 Å². The number of thioether (sulfide) groups is 1. The summed E-state index contributed by atoms with van der Waals surface area (Å²) in [5.74, 6) is 2.85. The molecule has 6 heteroatoms. The second-order valence-electron chi connectivity index (χ2n) is 3.51. The monoisotopic (exact) mass is 237 g/mol. The third kappa shape index (κ3) is 2.44. The summed E-state index contributed by atoms with van der Waals surface area (Å²) in [7, 11) is 0. The molecule has 2 heterocycles. The van der Waals surface area contributed by atoms with Crippen LogP contribution in [0.1, 0.15) is 12.2 Å². The van der Waals surface area contributed by atoms with Gasteiger partial charge in [-0.25, -0.2) is 0 Å². The summed E-state index contributed by atoms with van der Waals surface area (Å²) < 4.78 is 1.75. The first kappa shape index (κ1) is 11.2. The molecule has 0 saturated heterocycles. The molecule has 0 spiro atoms. The number of rotatable bonds is 5. The number of nitrogens with zero attached hydrogens (tertiary/aromatic N) is 4. The van der Waals surface area contributed by atoms with Gasteiger partial charge in [0.15, 0.2) is 11.5 Å². The van der Waals surface area contributed by atoms with E-state index in [1.165, 1.54) is 5.75 Å². The summed E-state index contributed by atoms with van der Waals surface area (Å²) in [5, 5.41) is 15.6. The van der Waals surface area contributed by atoms with Crippen molar-refractivity contribution in [1.82, 2.24) is 19.8 Å². The topological polar surface area (TPSA) is 55.1 Å². The van der Waals surface area contributed by atoms with Crippen LogP contribution >= 0.6 is 11.8 Å². The zero-order valence-electron chi connectivity index (χ0n) is 9.47. The van der Waals surface area contributed by atoms with E-state index in [4.69, 9.17) is 0 Å². The van der Waals surface area contributed by atoms with Crippen molar-refractivity contribution in [1.29, 1.82) is 0 Å². The first-order chi connectivity index (χ1) is 7.81. The van der Waals surface area contributed by atoms with Gasteiger partial charge in [-0.3, -0.25) is 0 Å². The normalized spacial score (nSPS) is 10.9. The lowest BCUT2D eigenvalue weighted by Gasteiger charge is -2.04. The van der Waals surface area contributed by atoms with Crippen molar-refractivity contribution in [3.63, 3.8) is 0 Å². The minimum absolute atomic E-state index is 0.784. The summed E-state index contributed by atoms with van der Waals surface area (Å²) in [6.45, 7) is 2.84. The zero-order valence-corrected chi connectivity index (χ0v) is 10.3. The fraction of sp³-hybridized carbons (Fsp3) is 0.500. The molecule has 0 radical (unpaired) electrons. The van der Waals surface area contributed by atoms with E-state index in [9.17, 15) is 0 Å². The van der Waals surface area contributed by atoms with Crippen LogP contribution in [0, 0.1) is 6.92 Å². The van der Waals surface area contributed by atoms with Gasteiger partial charge in [0.1, 0.15) is 5.82 Å². The first-order valence-electron chi connectivity index (χ1n) is 5.23. The highest BCUT2D eigenvalue weighted by molar-refractivity contribution is 7.98. The number of hydrogen-bond donors (Lipinski definition) is 1. The smallest absolute Gasteiger partial charge is 0.178 e. The number of fused-ring (bicyclic) bond motifs is 1. The van der Waals surface area contributed by atoms with E-state index in [2.05, 4.69) is 26.9 Å². The molecule has 0 fully saturated rings. The molecule has 0 amide bonds. The van der Waals surface area contributed by atoms with Crippen molar-refractivity contribution in [3.05, 3.63) is 18.0 Å². The van der Waals surface area contributed by atoms with Crippen LogP contribution in [-0.2, 0) is 0 Å². The second-order valence-corrected chi connectivity index (χ2v) is 4.49. The molecule has 2 rings (SSSR count). The molecule has 0 aliphatic heterocycles. The lowest BCUT2D eigenvalue weighted by Crippen LogP contribution is -2.06. The number of aromatic nitrogens is 4. The molecule has 2 aromatic rings. The maximum atomic E-state index is 4.41. The fourth-order valence-electron chi connectivity index (χ4n) is 1.42. The average molecular weight is 237 g/mol. The van der Waals surface area contributed by atoms with Gasteiger partial charge >= 0.3 is 0 Å². The fourth-order valence-corrected chi connectivity index (χ4v) is 1.86. The Kier molecular flexibility index (Phi) is 3.61. The Hall–Kier alpha value is -1.30. The van der Waals surface area contributed by atoms with E-state index in [1.807, 2.05) is 30.8 Å². The SMILES string of the molecule is CSCCCNc1ccc2nnc(C)n2n1. The molecule has 0 bridgehead atoms. The molecule has 0 atom stereocenters. The third-order valence-electron chi connectivity index (χ3n) is 2.25. The van der Waals surface area contributed by atoms with Gasteiger partial charge in [-0.2, -0.15) is 16.3 Å². The molecule has 2 aromatic heterocycles. The van der Waals surface area contributed by atoms with E-state index in [1.54, 1.807) is 4.52 Å². The quantitative estimate of drug-likeness (QED) is 0.800. The Balaban J connectivity index is 2.04. The highest BCUT2D eigenvalue weighted by Crippen LogP contribution is 2.06. The van der Waals surface area contributed by atoms with Gasteiger partial charge in [0, 0.05) is 6.54 Å². The molecular weight excluding hydrogens is 222 g/mol. The molecule has 0 aliphatic carbocycles. The summed E-state index contributed by atoms with van der Waals surface area (Å²) >= 11 is 1.86. The third-order valence-corrected chi connectivity index (χ3v) is 2.95. The van der Waals surface area contributed by atoms with Crippen LogP contribution in [0.25, 0.3) is 5.65 Å². The van der Waals surface area contributed by atoms with Gasteiger partial charge in [0.05, 0.1) is 0 Å². The second kappa shape index (κ2) is 5.16. The maximum Gasteiger partial charge on any atom is 0.178 e. The first-order valence-corrected chi connectivity index (χ1v) is 6.62. The number of nitrogens with one attached hydrogen (secondary N) is 1. The Morgan fingerprint density at radius 2 is 2.25 bits per heavy atom. The van der Waals surface area contributed by atoms with Gasteiger partial charge in [0.2, 0.25) is 0 Å². The molecule has 0 saturated carbocycles. The predicted molar refractivity (Wildman–Crippen MR) is 67.0 cm³/mol. The Bertz CT molecular complexity index is 467. The molecule has 0 unspecified atom stereocenters. The van der Waals surface area contributed by atoms with Gasteiger partial charge in [-0.05, 0) is 37.5 Å². The standard InChI is InChI=1S/C10H15N5S/c1-8-12-13-10-5-4-9(14-15(8)10)11-6-3-7-16-2/h4-5H,3,6-7H2,1-2H3,(H,11,14). The van der Waals surface area contributed by atoms with E-state index < -0.39 is 0 Å². The summed E-state index contributed by atoms with van der Waals surface area (Å²) in [5.41, 5.74) is 0.784. The van der Waals surface area contributed by atoms with Crippen LogP contribution in [0.4, 0.5) is 5.82 Å². The summed E-state index contributed by atoms with van der Waals surface area (Å²) in [6.07, 6.45) is 3.26. The molecular formula is C10H15N5S. The van der Waals surface area contributed by atoms with E-state index in [-0.39, 0.29) is 0 Å².